The Bertz CT molecular complexity index is 1050. The summed E-state index contributed by atoms with van der Waals surface area (Å²) in [4.78, 5) is 29.2. The fourth-order valence-electron chi connectivity index (χ4n) is 2.14. The number of aromatic nitrogens is 2. The number of amides is 1. The minimum absolute atomic E-state index is 0.00772. The first-order chi connectivity index (χ1) is 12.4. The van der Waals surface area contributed by atoms with Crippen molar-refractivity contribution in [3.63, 3.8) is 0 Å². The maximum Gasteiger partial charge on any atom is 0.359 e. The van der Waals surface area contributed by atoms with Crippen molar-refractivity contribution in [2.75, 3.05) is 5.32 Å². The molecule has 1 aromatic carbocycles. The van der Waals surface area contributed by atoms with Crippen molar-refractivity contribution in [1.82, 2.24) is 9.38 Å². The first kappa shape index (κ1) is 18.2. The van der Waals surface area contributed by atoms with Gasteiger partial charge in [-0.25, -0.2) is 9.78 Å². The lowest BCUT2D eigenvalue weighted by Crippen LogP contribution is -2.30. The summed E-state index contributed by atoms with van der Waals surface area (Å²) in [6.45, 7) is 1.43. The number of ether oxygens (including phenoxy) is 1. The highest BCUT2D eigenvalue weighted by Gasteiger charge is 2.25. The second kappa shape index (κ2) is 7.33. The molecule has 1 atom stereocenters. The van der Waals surface area contributed by atoms with E-state index in [4.69, 9.17) is 33.2 Å². The van der Waals surface area contributed by atoms with E-state index in [0.29, 0.717) is 16.2 Å². The van der Waals surface area contributed by atoms with Crippen molar-refractivity contribution in [1.29, 1.82) is 5.26 Å². The summed E-state index contributed by atoms with van der Waals surface area (Å²) in [5, 5.41) is 13.4. The molecule has 26 heavy (non-hydrogen) atoms. The molecule has 0 spiro atoms. The Labute approximate surface area is 161 Å². The lowest BCUT2D eigenvalue weighted by molar-refractivity contribution is -0.123. The zero-order valence-corrected chi connectivity index (χ0v) is 15.5. The van der Waals surface area contributed by atoms with E-state index in [1.165, 1.54) is 40.9 Å². The van der Waals surface area contributed by atoms with Crippen LogP contribution in [0.25, 0.3) is 4.96 Å². The molecule has 0 radical (unpaired) electrons. The number of fused-ring (bicyclic) bond motifs is 1. The van der Waals surface area contributed by atoms with E-state index in [0.717, 1.165) is 0 Å². The van der Waals surface area contributed by atoms with Crippen LogP contribution in [0.3, 0.4) is 0 Å². The fraction of sp³-hybridized carbons (Fsp3) is 0.125. The Balaban J connectivity index is 1.70. The molecule has 3 aromatic rings. The van der Waals surface area contributed by atoms with Gasteiger partial charge in [-0.1, -0.05) is 23.2 Å². The largest absolute Gasteiger partial charge is 0.448 e. The normalized spacial score (nSPS) is 11.8. The third-order valence-corrected chi connectivity index (χ3v) is 4.76. The summed E-state index contributed by atoms with van der Waals surface area (Å²) < 4.78 is 6.69. The van der Waals surface area contributed by atoms with Crippen LogP contribution in [-0.4, -0.2) is 27.4 Å². The van der Waals surface area contributed by atoms with E-state index in [-0.39, 0.29) is 15.9 Å². The standard InChI is InChI=1S/C16H10Cl2N4O3S/c1-8(14(23)20-10-3-2-9(7-19)11(17)6-10)25-15(24)12-13(18)21-16-22(12)4-5-26-16/h2-6,8H,1H3,(H,20,23)/t8-/m0/s1. The molecule has 3 rings (SSSR count). The molecule has 0 aliphatic carbocycles. The smallest absolute Gasteiger partial charge is 0.359 e. The summed E-state index contributed by atoms with van der Waals surface area (Å²) in [5.41, 5.74) is 0.729. The minimum atomic E-state index is -1.09. The van der Waals surface area contributed by atoms with E-state index in [2.05, 4.69) is 10.3 Å². The molecule has 1 N–H and O–H groups in total. The minimum Gasteiger partial charge on any atom is -0.448 e. The van der Waals surface area contributed by atoms with Gasteiger partial charge in [-0.3, -0.25) is 9.20 Å². The number of hydrogen-bond acceptors (Lipinski definition) is 6. The molecule has 0 saturated carbocycles. The van der Waals surface area contributed by atoms with Crippen molar-refractivity contribution >= 4 is 57.1 Å². The molecule has 0 aliphatic rings. The summed E-state index contributed by atoms with van der Waals surface area (Å²) in [7, 11) is 0. The highest BCUT2D eigenvalue weighted by molar-refractivity contribution is 7.15. The number of anilines is 1. The number of carbonyl (C=O) groups is 2. The van der Waals surface area contributed by atoms with Gasteiger partial charge in [0.2, 0.25) is 0 Å². The maximum absolute atomic E-state index is 12.3. The molecule has 0 fully saturated rings. The van der Waals surface area contributed by atoms with Gasteiger partial charge >= 0.3 is 5.97 Å². The molecule has 7 nitrogen and oxygen atoms in total. The van der Waals surface area contributed by atoms with E-state index in [1.807, 2.05) is 6.07 Å². The van der Waals surface area contributed by atoms with Gasteiger partial charge in [0.1, 0.15) is 6.07 Å². The Morgan fingerprint density at radius 3 is 2.88 bits per heavy atom. The average molecular weight is 409 g/mol. The zero-order valence-electron chi connectivity index (χ0n) is 13.2. The Morgan fingerprint density at radius 1 is 1.42 bits per heavy atom. The quantitative estimate of drug-likeness (QED) is 0.662. The van der Waals surface area contributed by atoms with Gasteiger partial charge < -0.3 is 10.1 Å². The topological polar surface area (TPSA) is 96.5 Å². The van der Waals surface area contributed by atoms with Crippen LogP contribution in [0.2, 0.25) is 10.2 Å². The zero-order chi connectivity index (χ0) is 18.8. The van der Waals surface area contributed by atoms with E-state index in [9.17, 15) is 9.59 Å². The molecular weight excluding hydrogens is 399 g/mol. The molecule has 0 aliphatic heterocycles. The SMILES string of the molecule is C[C@H](OC(=O)c1c(Cl)nc2sccn12)C(=O)Nc1ccc(C#N)c(Cl)c1. The molecule has 0 saturated heterocycles. The molecule has 2 heterocycles. The van der Waals surface area contributed by atoms with Crippen LogP contribution in [0.15, 0.2) is 29.8 Å². The number of benzene rings is 1. The molecule has 10 heteroatoms. The first-order valence-electron chi connectivity index (χ1n) is 7.23. The van der Waals surface area contributed by atoms with Crippen LogP contribution in [0, 0.1) is 11.3 Å². The highest BCUT2D eigenvalue weighted by atomic mass is 35.5. The van der Waals surface area contributed by atoms with Crippen molar-refractivity contribution in [3.05, 3.63) is 51.2 Å². The predicted molar refractivity (Wildman–Crippen MR) is 97.8 cm³/mol. The lowest BCUT2D eigenvalue weighted by Gasteiger charge is -2.13. The average Bonchev–Trinajstić information content (AvgIpc) is 3.14. The number of nitriles is 1. The van der Waals surface area contributed by atoms with E-state index in [1.54, 1.807) is 11.6 Å². The third kappa shape index (κ3) is 3.51. The van der Waals surface area contributed by atoms with Gasteiger partial charge in [0.25, 0.3) is 5.91 Å². The number of esters is 1. The second-order valence-corrected chi connectivity index (χ2v) is 6.79. The summed E-state index contributed by atoms with van der Waals surface area (Å²) in [6.07, 6.45) is 0.552. The molecule has 0 bridgehead atoms. The molecule has 132 valence electrons. The number of thiazole rings is 1. The number of rotatable bonds is 4. The summed E-state index contributed by atoms with van der Waals surface area (Å²) in [5.74, 6) is -1.32. The van der Waals surface area contributed by atoms with Crippen LogP contribution in [0.4, 0.5) is 5.69 Å². The van der Waals surface area contributed by atoms with Gasteiger partial charge in [0.15, 0.2) is 21.9 Å². The van der Waals surface area contributed by atoms with E-state index < -0.39 is 18.0 Å². The van der Waals surface area contributed by atoms with Gasteiger partial charge in [0, 0.05) is 17.3 Å². The number of nitrogens with one attached hydrogen (secondary N) is 1. The summed E-state index contributed by atoms with van der Waals surface area (Å²) >= 11 is 13.2. The van der Waals surface area contributed by atoms with Crippen LogP contribution in [0.5, 0.6) is 0 Å². The van der Waals surface area contributed by atoms with Crippen LogP contribution >= 0.6 is 34.5 Å². The monoisotopic (exact) mass is 408 g/mol. The number of hydrogen-bond donors (Lipinski definition) is 1. The Morgan fingerprint density at radius 2 is 2.19 bits per heavy atom. The highest BCUT2D eigenvalue weighted by Crippen LogP contribution is 2.23. The maximum atomic E-state index is 12.3. The van der Waals surface area contributed by atoms with E-state index >= 15 is 0 Å². The van der Waals surface area contributed by atoms with Crippen molar-refractivity contribution in [2.45, 2.75) is 13.0 Å². The van der Waals surface area contributed by atoms with Crippen molar-refractivity contribution in [2.24, 2.45) is 0 Å². The Kier molecular flexibility index (Phi) is 5.13. The third-order valence-electron chi connectivity index (χ3n) is 3.42. The Hall–Kier alpha value is -2.60. The predicted octanol–water partition coefficient (Wildman–Crippen LogP) is 3.76. The summed E-state index contributed by atoms with van der Waals surface area (Å²) in [6, 6.07) is 6.37. The lowest BCUT2D eigenvalue weighted by atomic mass is 10.2. The molecule has 1 amide bonds. The molecule has 0 unspecified atom stereocenters. The van der Waals surface area contributed by atoms with Crippen LogP contribution in [-0.2, 0) is 9.53 Å². The van der Waals surface area contributed by atoms with Crippen molar-refractivity contribution < 1.29 is 14.3 Å². The van der Waals surface area contributed by atoms with Gasteiger partial charge in [0.05, 0.1) is 10.6 Å². The number of halogens is 2. The van der Waals surface area contributed by atoms with Crippen LogP contribution in [0.1, 0.15) is 23.0 Å². The van der Waals surface area contributed by atoms with Crippen molar-refractivity contribution in [3.8, 4) is 6.07 Å². The second-order valence-electron chi connectivity index (χ2n) is 5.15. The van der Waals surface area contributed by atoms with Gasteiger partial charge in [-0.2, -0.15) is 5.26 Å². The number of carbonyl (C=O) groups excluding carboxylic acids is 2. The van der Waals surface area contributed by atoms with Gasteiger partial charge in [-0.05, 0) is 25.1 Å². The number of nitrogens with zero attached hydrogens (tertiary/aromatic N) is 3. The molecular formula is C16H10Cl2N4O3S. The van der Waals surface area contributed by atoms with Crippen LogP contribution < -0.4 is 5.32 Å². The fourth-order valence-corrected chi connectivity index (χ4v) is 3.37. The van der Waals surface area contributed by atoms with Gasteiger partial charge in [-0.15, -0.1) is 11.3 Å². The first-order valence-corrected chi connectivity index (χ1v) is 8.87. The molecule has 2 aromatic heterocycles. The number of imidazole rings is 1.